The molecule has 16 heavy (non-hydrogen) atoms. The number of benzene rings is 1. The topological polar surface area (TPSA) is 63.6 Å². The molecule has 86 valence electrons. The van der Waals surface area contributed by atoms with Gasteiger partial charge in [0.15, 0.2) is 5.78 Å². The number of carboxylic acids is 1. The molecule has 0 atom stereocenters. The van der Waals surface area contributed by atoms with Crippen molar-refractivity contribution in [2.24, 2.45) is 0 Å². The normalized spacial score (nSPS) is 9.81. The summed E-state index contributed by atoms with van der Waals surface area (Å²) < 4.78 is 5.25. The molecule has 0 amide bonds. The lowest BCUT2D eigenvalue weighted by molar-refractivity contribution is -0.137. The molecule has 4 nitrogen and oxygen atoms in total. The van der Waals surface area contributed by atoms with Crippen LogP contribution in [-0.2, 0) is 4.79 Å². The van der Waals surface area contributed by atoms with Crippen molar-refractivity contribution in [1.82, 2.24) is 0 Å². The summed E-state index contributed by atoms with van der Waals surface area (Å²) in [5.41, 5.74) is 0.463. The molecule has 1 aromatic carbocycles. The predicted molar refractivity (Wildman–Crippen MR) is 62.3 cm³/mol. The number of aliphatic carboxylic acids is 1. The van der Waals surface area contributed by atoms with Crippen LogP contribution in [0.2, 0.25) is 0 Å². The zero-order valence-electron chi connectivity index (χ0n) is 8.48. The van der Waals surface area contributed by atoms with Gasteiger partial charge in [-0.15, -0.1) is 0 Å². The molecule has 1 rings (SSSR count). The lowest BCUT2D eigenvalue weighted by Gasteiger charge is -2.08. The number of ether oxygens (including phenoxy) is 1. The molecule has 0 heterocycles. The van der Waals surface area contributed by atoms with Gasteiger partial charge >= 0.3 is 5.97 Å². The van der Waals surface area contributed by atoms with Crippen molar-refractivity contribution < 1.29 is 19.4 Å². The Labute approximate surface area is 101 Å². The van der Waals surface area contributed by atoms with E-state index in [2.05, 4.69) is 15.9 Å². The van der Waals surface area contributed by atoms with Crippen LogP contribution in [0.1, 0.15) is 16.8 Å². The molecule has 0 saturated heterocycles. The molecule has 0 fully saturated rings. The lowest BCUT2D eigenvalue weighted by atomic mass is 10.1. The number of carbonyl (C=O) groups is 2. The van der Waals surface area contributed by atoms with Crippen LogP contribution in [0.25, 0.3) is 0 Å². The van der Waals surface area contributed by atoms with Crippen LogP contribution in [0, 0.1) is 0 Å². The van der Waals surface area contributed by atoms with Gasteiger partial charge in [0.05, 0.1) is 23.9 Å². The van der Waals surface area contributed by atoms with Crippen molar-refractivity contribution in [3.63, 3.8) is 0 Å². The monoisotopic (exact) mass is 286 g/mol. The van der Waals surface area contributed by atoms with E-state index in [-0.39, 0.29) is 24.1 Å². The Bertz CT molecular complexity index is 389. The Hall–Kier alpha value is -1.36. The van der Waals surface area contributed by atoms with E-state index in [1.54, 1.807) is 24.3 Å². The van der Waals surface area contributed by atoms with Gasteiger partial charge in [0.1, 0.15) is 5.75 Å². The first-order valence-corrected chi connectivity index (χ1v) is 5.80. The van der Waals surface area contributed by atoms with Crippen molar-refractivity contribution >= 4 is 27.7 Å². The van der Waals surface area contributed by atoms with Crippen LogP contribution in [-0.4, -0.2) is 28.8 Å². The third kappa shape index (κ3) is 3.66. The lowest BCUT2D eigenvalue weighted by Crippen LogP contribution is -2.08. The molecule has 0 spiro atoms. The molecule has 0 unspecified atom stereocenters. The molecule has 0 bridgehead atoms. The fraction of sp³-hybridized carbons (Fsp3) is 0.273. The third-order valence-corrected chi connectivity index (χ3v) is 2.39. The van der Waals surface area contributed by atoms with Crippen molar-refractivity contribution in [3.05, 3.63) is 29.8 Å². The smallest absolute Gasteiger partial charge is 0.306 e. The third-order valence-electron chi connectivity index (χ3n) is 1.88. The standard InChI is InChI=1S/C11H11BrO4/c12-7-9(13)8-3-1-2-4-10(8)16-6-5-11(14)15/h1-4H,5-7H2,(H,14,15). The molecule has 1 aromatic rings. The zero-order chi connectivity index (χ0) is 12.0. The minimum Gasteiger partial charge on any atom is -0.492 e. The molecule has 0 aromatic heterocycles. The van der Waals surface area contributed by atoms with Gasteiger partial charge in [0, 0.05) is 0 Å². The molecule has 0 aliphatic rings. The molecule has 0 aliphatic carbocycles. The van der Waals surface area contributed by atoms with Crippen LogP contribution in [0.15, 0.2) is 24.3 Å². The Kier molecular flexibility index (Phi) is 4.98. The molecule has 1 N–H and O–H groups in total. The Morgan fingerprint density at radius 3 is 2.62 bits per heavy atom. The molecule has 0 saturated carbocycles. The molecular formula is C11H11BrO4. The summed E-state index contributed by atoms with van der Waals surface area (Å²) in [6, 6.07) is 6.78. The summed E-state index contributed by atoms with van der Waals surface area (Å²) in [5, 5.41) is 8.68. The summed E-state index contributed by atoms with van der Waals surface area (Å²) in [6.45, 7) is 0.0575. The maximum atomic E-state index is 11.5. The van der Waals surface area contributed by atoms with Crippen molar-refractivity contribution in [3.8, 4) is 5.75 Å². The minimum atomic E-state index is -0.927. The van der Waals surface area contributed by atoms with E-state index in [0.717, 1.165) is 0 Å². The quantitative estimate of drug-likeness (QED) is 0.643. The first kappa shape index (κ1) is 12.7. The molecule has 0 aliphatic heterocycles. The van der Waals surface area contributed by atoms with Gasteiger partial charge < -0.3 is 9.84 Å². The summed E-state index contributed by atoms with van der Waals surface area (Å²) in [5.74, 6) is -0.594. The summed E-state index contributed by atoms with van der Waals surface area (Å²) >= 11 is 3.08. The molecular weight excluding hydrogens is 276 g/mol. The summed E-state index contributed by atoms with van der Waals surface area (Å²) in [4.78, 5) is 21.8. The van der Waals surface area contributed by atoms with Gasteiger partial charge in [-0.05, 0) is 12.1 Å². The van der Waals surface area contributed by atoms with E-state index in [9.17, 15) is 9.59 Å². The number of alkyl halides is 1. The van der Waals surface area contributed by atoms with E-state index in [4.69, 9.17) is 9.84 Å². The van der Waals surface area contributed by atoms with Crippen molar-refractivity contribution in [2.75, 3.05) is 11.9 Å². The largest absolute Gasteiger partial charge is 0.492 e. The minimum absolute atomic E-state index is 0.0575. The van der Waals surface area contributed by atoms with Gasteiger partial charge in [-0.2, -0.15) is 0 Å². The molecule has 0 radical (unpaired) electrons. The van der Waals surface area contributed by atoms with Gasteiger partial charge in [0.2, 0.25) is 0 Å². The number of carbonyl (C=O) groups excluding carboxylic acids is 1. The van der Waals surface area contributed by atoms with E-state index in [0.29, 0.717) is 11.3 Å². The number of para-hydroxylation sites is 1. The SMILES string of the molecule is O=C(O)CCOc1ccccc1C(=O)CBr. The number of rotatable bonds is 6. The van der Waals surface area contributed by atoms with Gasteiger partial charge in [0.25, 0.3) is 0 Å². The summed E-state index contributed by atoms with van der Waals surface area (Å²) in [6.07, 6.45) is -0.0865. The second-order valence-corrected chi connectivity index (χ2v) is 3.61. The molecule has 5 heteroatoms. The average Bonchev–Trinajstić information content (AvgIpc) is 2.28. The number of Topliss-reactive ketones (excluding diaryl/α,β-unsaturated/α-hetero) is 1. The van der Waals surface area contributed by atoms with E-state index in [1.807, 2.05) is 0 Å². The van der Waals surface area contributed by atoms with Crippen molar-refractivity contribution in [2.45, 2.75) is 6.42 Å². The second-order valence-electron chi connectivity index (χ2n) is 3.05. The summed E-state index contributed by atoms with van der Waals surface area (Å²) in [7, 11) is 0. The first-order chi connectivity index (χ1) is 7.65. The van der Waals surface area contributed by atoms with E-state index in [1.165, 1.54) is 0 Å². The van der Waals surface area contributed by atoms with Gasteiger partial charge in [-0.3, -0.25) is 9.59 Å². The zero-order valence-corrected chi connectivity index (χ0v) is 10.1. The first-order valence-electron chi connectivity index (χ1n) is 4.68. The van der Waals surface area contributed by atoms with Gasteiger partial charge in [-0.25, -0.2) is 0 Å². The van der Waals surface area contributed by atoms with E-state index >= 15 is 0 Å². The van der Waals surface area contributed by atoms with E-state index < -0.39 is 5.97 Å². The number of carboxylic acid groups (broad SMARTS) is 1. The second kappa shape index (κ2) is 6.27. The van der Waals surface area contributed by atoms with Crippen LogP contribution in [0.4, 0.5) is 0 Å². The highest BCUT2D eigenvalue weighted by Crippen LogP contribution is 2.19. The fourth-order valence-electron chi connectivity index (χ4n) is 1.14. The highest BCUT2D eigenvalue weighted by atomic mass is 79.9. The van der Waals surface area contributed by atoms with Crippen LogP contribution < -0.4 is 4.74 Å². The number of halogens is 1. The Morgan fingerprint density at radius 2 is 2.00 bits per heavy atom. The number of ketones is 1. The fourth-order valence-corrected chi connectivity index (χ4v) is 1.45. The van der Waals surface area contributed by atoms with Crippen LogP contribution in [0.3, 0.4) is 0 Å². The predicted octanol–water partition coefficient (Wildman–Crippen LogP) is 2.12. The van der Waals surface area contributed by atoms with Crippen LogP contribution in [0.5, 0.6) is 5.75 Å². The average molecular weight is 287 g/mol. The Balaban J connectivity index is 2.71. The Morgan fingerprint density at radius 1 is 1.31 bits per heavy atom. The number of hydrogen-bond acceptors (Lipinski definition) is 3. The highest BCUT2D eigenvalue weighted by Gasteiger charge is 2.10. The van der Waals surface area contributed by atoms with Gasteiger partial charge in [-0.1, -0.05) is 28.1 Å². The van der Waals surface area contributed by atoms with Crippen LogP contribution >= 0.6 is 15.9 Å². The maximum Gasteiger partial charge on any atom is 0.306 e. The highest BCUT2D eigenvalue weighted by molar-refractivity contribution is 9.09. The van der Waals surface area contributed by atoms with Crippen molar-refractivity contribution in [1.29, 1.82) is 0 Å². The maximum absolute atomic E-state index is 11.5. The number of hydrogen-bond donors (Lipinski definition) is 1.